The zero-order chi connectivity index (χ0) is 13.4. The van der Waals surface area contributed by atoms with E-state index >= 15 is 0 Å². The second kappa shape index (κ2) is 7.61. The molecule has 1 unspecified atom stereocenters. The zero-order valence-electron chi connectivity index (χ0n) is 10.2. The summed E-state index contributed by atoms with van der Waals surface area (Å²) < 4.78 is 4.79. The van der Waals surface area contributed by atoms with Crippen LogP contribution in [-0.4, -0.2) is 60.6 Å². The van der Waals surface area contributed by atoms with Gasteiger partial charge in [-0.1, -0.05) is 0 Å². The maximum atomic E-state index is 11.8. The summed E-state index contributed by atoms with van der Waals surface area (Å²) in [5.41, 5.74) is 0. The molecule has 0 saturated carbocycles. The number of carbonyl (C=O) groups excluding carboxylic acids is 2. The SMILES string of the molecule is COCCN(CC(=O)O)C(=O)C(C)NC(C)=O. The van der Waals surface area contributed by atoms with Crippen molar-refractivity contribution in [2.24, 2.45) is 0 Å². The van der Waals surface area contributed by atoms with Gasteiger partial charge in [0.15, 0.2) is 0 Å². The van der Waals surface area contributed by atoms with Crippen LogP contribution in [0.5, 0.6) is 0 Å². The van der Waals surface area contributed by atoms with Gasteiger partial charge in [-0.25, -0.2) is 0 Å². The molecule has 0 aliphatic heterocycles. The van der Waals surface area contributed by atoms with Gasteiger partial charge in [0.05, 0.1) is 6.61 Å². The monoisotopic (exact) mass is 246 g/mol. The number of rotatable bonds is 7. The minimum absolute atomic E-state index is 0.172. The van der Waals surface area contributed by atoms with Crippen LogP contribution in [0, 0.1) is 0 Å². The summed E-state index contributed by atoms with van der Waals surface area (Å²) in [6, 6.07) is -0.747. The van der Waals surface area contributed by atoms with Crippen LogP contribution >= 0.6 is 0 Å². The molecule has 0 aromatic rings. The van der Waals surface area contributed by atoms with Crippen LogP contribution in [-0.2, 0) is 19.1 Å². The first-order chi connectivity index (χ1) is 7.88. The summed E-state index contributed by atoms with van der Waals surface area (Å²) in [5.74, 6) is -1.89. The summed E-state index contributed by atoms with van der Waals surface area (Å²) in [7, 11) is 1.46. The fraction of sp³-hybridized carbons (Fsp3) is 0.700. The van der Waals surface area contributed by atoms with Crippen molar-refractivity contribution in [2.45, 2.75) is 19.9 Å². The lowest BCUT2D eigenvalue weighted by atomic mass is 10.2. The van der Waals surface area contributed by atoms with E-state index in [4.69, 9.17) is 9.84 Å². The van der Waals surface area contributed by atoms with E-state index in [0.717, 1.165) is 4.90 Å². The average Bonchev–Trinajstić information content (AvgIpc) is 2.21. The van der Waals surface area contributed by atoms with E-state index in [-0.39, 0.29) is 19.1 Å². The molecule has 0 fully saturated rings. The minimum atomic E-state index is -1.11. The van der Waals surface area contributed by atoms with Gasteiger partial charge in [0.2, 0.25) is 11.8 Å². The van der Waals surface area contributed by atoms with Crippen molar-refractivity contribution in [3.05, 3.63) is 0 Å². The molecule has 0 aliphatic rings. The van der Waals surface area contributed by atoms with Crippen LogP contribution in [0.25, 0.3) is 0 Å². The number of methoxy groups -OCH3 is 1. The van der Waals surface area contributed by atoms with Crippen LogP contribution in [0.3, 0.4) is 0 Å². The number of nitrogens with zero attached hydrogens (tertiary/aromatic N) is 1. The van der Waals surface area contributed by atoms with Crippen LogP contribution in [0.1, 0.15) is 13.8 Å². The Bertz CT molecular complexity index is 292. The fourth-order valence-electron chi connectivity index (χ4n) is 1.27. The maximum Gasteiger partial charge on any atom is 0.323 e. The van der Waals surface area contributed by atoms with Gasteiger partial charge in [-0.3, -0.25) is 14.4 Å². The normalized spacial score (nSPS) is 11.7. The highest BCUT2D eigenvalue weighted by Gasteiger charge is 2.22. The summed E-state index contributed by atoms with van der Waals surface area (Å²) in [6.07, 6.45) is 0. The lowest BCUT2D eigenvalue weighted by molar-refractivity contribution is -0.146. The Labute approximate surface area is 99.7 Å². The van der Waals surface area contributed by atoms with Gasteiger partial charge in [0.25, 0.3) is 0 Å². The number of nitrogens with one attached hydrogen (secondary N) is 1. The molecule has 98 valence electrons. The number of aliphatic carboxylic acids is 1. The molecule has 0 saturated heterocycles. The van der Waals surface area contributed by atoms with Gasteiger partial charge in [0.1, 0.15) is 12.6 Å². The summed E-state index contributed by atoms with van der Waals surface area (Å²) in [5, 5.41) is 11.1. The predicted molar refractivity (Wildman–Crippen MR) is 59.4 cm³/mol. The lowest BCUT2D eigenvalue weighted by Crippen LogP contribution is -2.48. The Hall–Kier alpha value is -1.63. The van der Waals surface area contributed by atoms with E-state index < -0.39 is 24.5 Å². The van der Waals surface area contributed by atoms with Gasteiger partial charge < -0.3 is 20.1 Å². The molecule has 0 radical (unpaired) electrons. The van der Waals surface area contributed by atoms with Crippen LogP contribution in [0.15, 0.2) is 0 Å². The molecule has 7 nitrogen and oxygen atoms in total. The van der Waals surface area contributed by atoms with Crippen LogP contribution in [0.4, 0.5) is 0 Å². The van der Waals surface area contributed by atoms with Crippen molar-refractivity contribution in [3.8, 4) is 0 Å². The predicted octanol–water partition coefficient (Wildman–Crippen LogP) is -0.929. The topological polar surface area (TPSA) is 95.9 Å². The summed E-state index contributed by atoms with van der Waals surface area (Å²) >= 11 is 0. The van der Waals surface area contributed by atoms with E-state index in [1.165, 1.54) is 21.0 Å². The zero-order valence-corrected chi connectivity index (χ0v) is 10.2. The van der Waals surface area contributed by atoms with Crippen molar-refractivity contribution in [1.29, 1.82) is 0 Å². The first kappa shape index (κ1) is 15.4. The Kier molecular flexibility index (Phi) is 6.88. The standard InChI is InChI=1S/C10H18N2O5/c1-7(11-8(2)13)10(16)12(4-5-17-3)6-9(14)15/h7H,4-6H2,1-3H3,(H,11,13)(H,14,15). The molecule has 0 aromatic carbocycles. The molecule has 0 bridgehead atoms. The molecule has 0 rings (SSSR count). The third-order valence-electron chi connectivity index (χ3n) is 1.99. The number of hydrogen-bond acceptors (Lipinski definition) is 4. The second-order valence-corrected chi connectivity index (χ2v) is 3.57. The molecule has 2 N–H and O–H groups in total. The number of hydrogen-bond donors (Lipinski definition) is 2. The molecule has 0 aromatic heterocycles. The van der Waals surface area contributed by atoms with Gasteiger partial charge in [0, 0.05) is 20.6 Å². The van der Waals surface area contributed by atoms with Crippen molar-refractivity contribution >= 4 is 17.8 Å². The van der Waals surface area contributed by atoms with Crippen molar-refractivity contribution in [3.63, 3.8) is 0 Å². The number of carboxylic acids is 1. The Morgan fingerprint density at radius 2 is 2.00 bits per heavy atom. The highest BCUT2D eigenvalue weighted by molar-refractivity contribution is 5.88. The highest BCUT2D eigenvalue weighted by Crippen LogP contribution is 1.96. The largest absolute Gasteiger partial charge is 0.480 e. The van der Waals surface area contributed by atoms with Crippen LogP contribution < -0.4 is 5.32 Å². The van der Waals surface area contributed by atoms with Gasteiger partial charge in [-0.15, -0.1) is 0 Å². The van der Waals surface area contributed by atoms with Crippen molar-refractivity contribution in [2.75, 3.05) is 26.8 Å². The van der Waals surface area contributed by atoms with Gasteiger partial charge in [-0.05, 0) is 6.92 Å². The van der Waals surface area contributed by atoms with E-state index in [2.05, 4.69) is 5.32 Å². The van der Waals surface area contributed by atoms with E-state index in [1.807, 2.05) is 0 Å². The molecule has 1 atom stereocenters. The molecule has 0 aliphatic carbocycles. The Balaban J connectivity index is 4.49. The lowest BCUT2D eigenvalue weighted by Gasteiger charge is -2.24. The molecular formula is C10H18N2O5. The summed E-state index contributed by atoms with van der Waals surface area (Å²) in [4.78, 5) is 34.3. The highest BCUT2D eigenvalue weighted by atomic mass is 16.5. The quantitative estimate of drug-likeness (QED) is 0.605. The first-order valence-electron chi connectivity index (χ1n) is 5.15. The van der Waals surface area contributed by atoms with E-state index in [1.54, 1.807) is 0 Å². The second-order valence-electron chi connectivity index (χ2n) is 3.57. The minimum Gasteiger partial charge on any atom is -0.480 e. The molecule has 17 heavy (non-hydrogen) atoms. The molecule has 0 spiro atoms. The number of ether oxygens (including phenoxy) is 1. The number of carbonyl (C=O) groups is 3. The third kappa shape index (κ3) is 6.52. The smallest absolute Gasteiger partial charge is 0.323 e. The van der Waals surface area contributed by atoms with E-state index in [9.17, 15) is 14.4 Å². The fourth-order valence-corrected chi connectivity index (χ4v) is 1.27. The molecule has 0 heterocycles. The molecular weight excluding hydrogens is 228 g/mol. The first-order valence-corrected chi connectivity index (χ1v) is 5.15. The Morgan fingerprint density at radius 3 is 2.41 bits per heavy atom. The van der Waals surface area contributed by atoms with E-state index in [0.29, 0.717) is 0 Å². The van der Waals surface area contributed by atoms with Crippen molar-refractivity contribution < 1.29 is 24.2 Å². The van der Waals surface area contributed by atoms with Gasteiger partial charge in [-0.2, -0.15) is 0 Å². The molecule has 7 heteroatoms. The van der Waals surface area contributed by atoms with Crippen LogP contribution in [0.2, 0.25) is 0 Å². The third-order valence-corrected chi connectivity index (χ3v) is 1.99. The summed E-state index contributed by atoms with van der Waals surface area (Å²) in [6.45, 7) is 2.80. The number of amides is 2. The maximum absolute atomic E-state index is 11.8. The Morgan fingerprint density at radius 1 is 1.41 bits per heavy atom. The number of carboxylic acid groups (broad SMARTS) is 1. The van der Waals surface area contributed by atoms with Gasteiger partial charge >= 0.3 is 5.97 Å². The van der Waals surface area contributed by atoms with Crippen molar-refractivity contribution in [1.82, 2.24) is 10.2 Å². The average molecular weight is 246 g/mol. The molecule has 2 amide bonds.